The summed E-state index contributed by atoms with van der Waals surface area (Å²) in [5, 5.41) is 15.2. The van der Waals surface area contributed by atoms with Gasteiger partial charge in [0.25, 0.3) is 0 Å². The number of oxime groups is 2. The summed E-state index contributed by atoms with van der Waals surface area (Å²) in [5.41, 5.74) is 18.4. The van der Waals surface area contributed by atoms with E-state index >= 15 is 0 Å². The molecule has 2 aromatic carbocycles. The fourth-order valence-corrected chi connectivity index (χ4v) is 5.15. The van der Waals surface area contributed by atoms with Crippen LogP contribution >= 0.6 is 38.6 Å². The van der Waals surface area contributed by atoms with E-state index in [2.05, 4.69) is 30.2 Å². The second kappa shape index (κ2) is 22.1. The first-order valence-electron chi connectivity index (χ1n) is 18.0. The topological polar surface area (TPSA) is 210 Å². The molecule has 0 unspecified atom stereocenters. The predicted molar refractivity (Wildman–Crippen MR) is 230 cm³/mol. The van der Waals surface area contributed by atoms with E-state index in [0.29, 0.717) is 34.5 Å². The van der Waals surface area contributed by atoms with Crippen LogP contribution in [0.4, 0.5) is 0 Å². The fourth-order valence-electron chi connectivity index (χ4n) is 4.93. The Morgan fingerprint density at radius 2 is 1.07 bits per heavy atom. The molecule has 57 heavy (non-hydrogen) atoms. The number of amidine groups is 2. The summed E-state index contributed by atoms with van der Waals surface area (Å²) in [6, 6.07) is 14.8. The number of aryl methyl sites for hydroxylation is 4. The van der Waals surface area contributed by atoms with E-state index in [0.717, 1.165) is 59.3 Å². The van der Waals surface area contributed by atoms with Gasteiger partial charge in [0.05, 0.1) is 5.92 Å². The summed E-state index contributed by atoms with van der Waals surface area (Å²) >= 11 is 5.04. The molecule has 0 saturated heterocycles. The average Bonchev–Trinajstić information content (AvgIpc) is 4.09. The second-order valence-electron chi connectivity index (χ2n) is 13.6. The summed E-state index contributed by atoms with van der Waals surface area (Å²) in [6.07, 6.45) is 3.40. The van der Waals surface area contributed by atoms with Crippen molar-refractivity contribution in [3.63, 3.8) is 0 Å². The van der Waals surface area contributed by atoms with Gasteiger partial charge in [0.1, 0.15) is 23.9 Å². The van der Waals surface area contributed by atoms with E-state index in [4.69, 9.17) is 42.6 Å². The zero-order valence-electron chi connectivity index (χ0n) is 33.5. The summed E-state index contributed by atoms with van der Waals surface area (Å²) in [5.74, 6) is 2.70. The van der Waals surface area contributed by atoms with Gasteiger partial charge in [-0.1, -0.05) is 58.8 Å². The molecule has 2 saturated carbocycles. The molecule has 6 rings (SSSR count). The third-order valence-electron chi connectivity index (χ3n) is 8.99. The lowest BCUT2D eigenvalue weighted by Crippen LogP contribution is -2.16. The highest BCUT2D eigenvalue weighted by molar-refractivity contribution is 7.59. The zero-order chi connectivity index (χ0) is 40.4. The Morgan fingerprint density at radius 1 is 0.684 bits per heavy atom. The van der Waals surface area contributed by atoms with Crippen molar-refractivity contribution < 1.29 is 29.1 Å². The highest BCUT2D eigenvalue weighted by Crippen LogP contribution is 2.31. The van der Waals surface area contributed by atoms with Gasteiger partial charge in [0.15, 0.2) is 11.7 Å². The molecule has 14 nitrogen and oxygen atoms in total. The van der Waals surface area contributed by atoms with Crippen molar-refractivity contribution in [2.75, 3.05) is 0 Å². The number of aromatic nitrogens is 4. The molecule has 2 aliphatic rings. The molecule has 308 valence electrons. The Bertz CT molecular complexity index is 2040. The SMILES string of the molecule is Cc1nc(C)c(C)c(O[C@@H](C)c2ccc(/C(N)=N/O)cc2)n1.Cc1nc(C)c(C)c(O[C@@H](C)c2ccc(/C(N)=N/OC(=O)C3CC3)cc2)n1.O=C(Cl)C1CC1.S.S. The van der Waals surface area contributed by atoms with Crippen LogP contribution in [0.5, 0.6) is 11.8 Å². The van der Waals surface area contributed by atoms with Crippen LogP contribution in [-0.2, 0) is 14.4 Å². The molecular weight excluding hydrogens is 788 g/mol. The minimum absolute atomic E-state index is 0. The van der Waals surface area contributed by atoms with Crippen molar-refractivity contribution in [3.8, 4) is 11.8 Å². The van der Waals surface area contributed by atoms with E-state index in [9.17, 15) is 9.59 Å². The largest absolute Gasteiger partial charge is 0.469 e. The number of halogens is 1. The van der Waals surface area contributed by atoms with Crippen molar-refractivity contribution in [2.45, 2.75) is 93.3 Å². The van der Waals surface area contributed by atoms with E-state index in [1.807, 2.05) is 91.8 Å². The molecular formula is C40H53ClN8O6S2. The lowest BCUT2D eigenvalue weighted by molar-refractivity contribution is -0.145. The normalized spacial score (nSPS) is 14.5. The lowest BCUT2D eigenvalue weighted by Gasteiger charge is -2.17. The predicted octanol–water partition coefficient (Wildman–Crippen LogP) is 7.14. The van der Waals surface area contributed by atoms with Crippen LogP contribution in [0.25, 0.3) is 0 Å². The Kier molecular flexibility index (Phi) is 18.7. The zero-order valence-corrected chi connectivity index (χ0v) is 36.2. The van der Waals surface area contributed by atoms with Crippen molar-refractivity contribution in [3.05, 3.63) is 105 Å². The second-order valence-corrected chi connectivity index (χ2v) is 13.9. The number of rotatable bonds is 11. The van der Waals surface area contributed by atoms with E-state index in [1.54, 1.807) is 12.1 Å². The van der Waals surface area contributed by atoms with Gasteiger partial charge in [-0.25, -0.2) is 14.8 Å². The Balaban J connectivity index is 0.000000337. The lowest BCUT2D eigenvalue weighted by atomic mass is 10.1. The number of carbonyl (C=O) groups is 2. The number of nitrogens with zero attached hydrogens (tertiary/aromatic N) is 6. The summed E-state index contributed by atoms with van der Waals surface area (Å²) in [4.78, 5) is 43.7. The van der Waals surface area contributed by atoms with Gasteiger partial charge in [-0.15, -0.1) is 0 Å². The monoisotopic (exact) mass is 840 g/mol. The van der Waals surface area contributed by atoms with Crippen LogP contribution in [0.1, 0.15) is 108 Å². The third kappa shape index (κ3) is 14.5. The van der Waals surface area contributed by atoms with Gasteiger partial charge >= 0.3 is 5.97 Å². The quantitative estimate of drug-likeness (QED) is 0.0344. The molecule has 0 amide bonds. The molecule has 2 aromatic heterocycles. The molecule has 2 heterocycles. The standard InChI is InChI=1S/C20H24N4O3.C16H20N4O2.C4H5ClO.2H2S/c1-11-12(2)22-14(4)23-19(11)26-13(3)15-5-7-16(8-6-15)18(21)24-27-20(25)17-9-10-17;1-9-10(2)18-12(4)19-16(9)22-11(3)13-5-7-14(8-6-13)15(17)20-21;5-4(6)3-1-2-3;;/h5-8,13,17H,9-10H2,1-4H3,(H2,21,24);5-8,11,21H,1-4H3,(H2,17,20);3H,1-2H2;2*1H2/t13-;11-;;;/m00.../s1. The van der Waals surface area contributed by atoms with Crippen LogP contribution in [0.2, 0.25) is 0 Å². The third-order valence-corrected chi connectivity index (χ3v) is 9.30. The molecule has 2 atom stereocenters. The summed E-state index contributed by atoms with van der Waals surface area (Å²) < 4.78 is 12.0. The summed E-state index contributed by atoms with van der Waals surface area (Å²) in [6.45, 7) is 15.4. The number of hydrogen-bond acceptors (Lipinski definition) is 12. The van der Waals surface area contributed by atoms with Gasteiger partial charge in [-0.05, 0) is 104 Å². The van der Waals surface area contributed by atoms with Crippen LogP contribution < -0.4 is 20.9 Å². The highest BCUT2D eigenvalue weighted by Gasteiger charge is 2.32. The number of hydrogen-bond donors (Lipinski definition) is 3. The van der Waals surface area contributed by atoms with E-state index in [1.165, 1.54) is 0 Å². The van der Waals surface area contributed by atoms with Crippen molar-refractivity contribution in [1.82, 2.24) is 19.9 Å². The molecule has 2 aliphatic carbocycles. The first-order valence-corrected chi connectivity index (χ1v) is 18.3. The molecule has 0 radical (unpaired) electrons. The van der Waals surface area contributed by atoms with Gasteiger partial charge in [-0.2, -0.15) is 37.0 Å². The van der Waals surface area contributed by atoms with Gasteiger partial charge in [-0.3, -0.25) is 4.79 Å². The smallest absolute Gasteiger partial charge is 0.338 e. The number of nitrogens with two attached hydrogens (primary N) is 2. The van der Waals surface area contributed by atoms with Crippen LogP contribution in [0.3, 0.4) is 0 Å². The molecule has 0 aliphatic heterocycles. The first-order chi connectivity index (χ1) is 26.1. The van der Waals surface area contributed by atoms with Gasteiger partial charge < -0.3 is 31.0 Å². The summed E-state index contributed by atoms with van der Waals surface area (Å²) in [7, 11) is 0. The van der Waals surface area contributed by atoms with Crippen molar-refractivity contribution >= 4 is 61.5 Å². The fraction of sp³-hybridized carbons (Fsp3) is 0.400. The van der Waals surface area contributed by atoms with E-state index < -0.39 is 0 Å². The minimum Gasteiger partial charge on any atom is -0.469 e. The van der Waals surface area contributed by atoms with Gasteiger partial charge in [0, 0.05) is 39.6 Å². The number of ether oxygens (including phenoxy) is 2. The molecule has 4 aromatic rings. The van der Waals surface area contributed by atoms with Crippen LogP contribution in [0.15, 0.2) is 58.8 Å². The Labute approximate surface area is 352 Å². The highest BCUT2D eigenvalue weighted by atomic mass is 35.5. The Morgan fingerprint density at radius 3 is 1.40 bits per heavy atom. The minimum atomic E-state index is -0.317. The molecule has 0 spiro atoms. The molecule has 5 N–H and O–H groups in total. The Hall–Kier alpha value is -4.93. The molecule has 0 bridgehead atoms. The molecule has 2 fully saturated rings. The van der Waals surface area contributed by atoms with Crippen LogP contribution in [0, 0.1) is 53.4 Å². The maximum absolute atomic E-state index is 11.5. The van der Waals surface area contributed by atoms with Crippen molar-refractivity contribution in [2.24, 2.45) is 33.6 Å². The first kappa shape index (κ1) is 48.2. The number of carbonyl (C=O) groups excluding carboxylic acids is 2. The van der Waals surface area contributed by atoms with Gasteiger partial charge in [0.2, 0.25) is 17.0 Å². The average molecular weight is 842 g/mol. The maximum atomic E-state index is 11.5. The van der Waals surface area contributed by atoms with Crippen molar-refractivity contribution in [1.29, 1.82) is 0 Å². The molecule has 17 heteroatoms. The maximum Gasteiger partial charge on any atom is 0.338 e. The van der Waals surface area contributed by atoms with E-state index in [-0.39, 0.29) is 73.9 Å². The number of benzene rings is 2. The van der Waals surface area contributed by atoms with Crippen LogP contribution in [-0.4, -0.2) is 48.0 Å².